The number of esters is 1. The average molecular weight is 1010 g/mol. The Bertz CT molecular complexity index is 1260. The molecule has 70 heavy (non-hydrogen) atoms. The van der Waals surface area contributed by atoms with Crippen LogP contribution >= 0.6 is 7.82 Å². The van der Waals surface area contributed by atoms with Crippen LogP contribution in [0.25, 0.3) is 0 Å². The Hall–Kier alpha value is -1.54. The average Bonchev–Trinajstić information content (AvgIpc) is 3.32. The molecular weight excluding hydrogens is 890 g/mol. The Kier molecular flexibility index (Phi) is 52.6. The highest BCUT2D eigenvalue weighted by Crippen LogP contribution is 2.38. The minimum atomic E-state index is -4.54. The lowest BCUT2D eigenvalue weighted by Crippen LogP contribution is -2.37. The van der Waals surface area contributed by atoms with E-state index in [1.54, 1.807) is 0 Å². The molecule has 412 valence electrons. The van der Waals surface area contributed by atoms with Gasteiger partial charge in [0, 0.05) is 13.0 Å². The summed E-state index contributed by atoms with van der Waals surface area (Å²) in [5, 5.41) is 0. The Balaban J connectivity index is 4.03. The third-order valence-electron chi connectivity index (χ3n) is 13.1. The van der Waals surface area contributed by atoms with Crippen molar-refractivity contribution in [1.29, 1.82) is 0 Å². The largest absolute Gasteiger partial charge is 0.756 e. The molecule has 0 radical (unpaired) electrons. The van der Waals surface area contributed by atoms with Gasteiger partial charge in [0.05, 0.1) is 34.4 Å². The van der Waals surface area contributed by atoms with Crippen LogP contribution in [0.3, 0.4) is 0 Å². The lowest BCUT2D eigenvalue weighted by molar-refractivity contribution is -0.870. The predicted molar refractivity (Wildman–Crippen MR) is 300 cm³/mol. The van der Waals surface area contributed by atoms with Gasteiger partial charge in [0.25, 0.3) is 7.82 Å². The minimum absolute atomic E-state index is 0.0268. The summed E-state index contributed by atoms with van der Waals surface area (Å²) in [7, 11) is 1.37. The molecule has 2 unspecified atom stereocenters. The van der Waals surface area contributed by atoms with Gasteiger partial charge in [-0.3, -0.25) is 9.36 Å². The molecule has 0 aromatic carbocycles. The maximum atomic E-state index is 12.8. The number of nitrogens with zero attached hydrogens (tertiary/aromatic N) is 1. The van der Waals surface area contributed by atoms with E-state index >= 15 is 0 Å². The van der Waals surface area contributed by atoms with E-state index in [9.17, 15) is 14.3 Å². The molecule has 9 heteroatoms. The van der Waals surface area contributed by atoms with Crippen LogP contribution in [0.2, 0.25) is 0 Å². The molecule has 0 aliphatic heterocycles. The lowest BCUT2D eigenvalue weighted by atomic mass is 10.0. The van der Waals surface area contributed by atoms with Crippen LogP contribution in [-0.2, 0) is 27.9 Å². The number of quaternary nitrogens is 1. The number of unbranched alkanes of at least 4 members (excludes halogenated alkanes) is 34. The SMILES string of the molecule is CC/C=C\C/C=C\C/C=C\C/C=C\CCCCCCCCCCCCCCC(=O)OC(COCCCCCCCCCCCCCCCCCCCCCCCCC)COP(=O)([O-])OCC[N+](C)(C)C. The molecule has 0 rings (SSSR count). The number of carbonyl (C=O) groups excluding carboxylic acids is 1. The van der Waals surface area contributed by atoms with Crippen molar-refractivity contribution < 1.29 is 37.3 Å². The van der Waals surface area contributed by atoms with Crippen LogP contribution in [0.1, 0.15) is 277 Å². The van der Waals surface area contributed by atoms with Crippen LogP contribution in [0.4, 0.5) is 0 Å². The maximum Gasteiger partial charge on any atom is 0.306 e. The van der Waals surface area contributed by atoms with Gasteiger partial charge >= 0.3 is 5.97 Å². The van der Waals surface area contributed by atoms with Crippen LogP contribution < -0.4 is 4.89 Å². The quantitative estimate of drug-likeness (QED) is 0.0197. The van der Waals surface area contributed by atoms with E-state index in [1.165, 1.54) is 199 Å². The molecule has 0 aliphatic carbocycles. The van der Waals surface area contributed by atoms with E-state index in [1.807, 2.05) is 21.1 Å². The van der Waals surface area contributed by atoms with Gasteiger partial charge in [-0.2, -0.15) is 0 Å². The molecule has 0 fully saturated rings. The van der Waals surface area contributed by atoms with Crippen molar-refractivity contribution in [2.45, 2.75) is 283 Å². The summed E-state index contributed by atoms with van der Waals surface area (Å²) in [6.07, 6.45) is 68.7. The molecule has 8 nitrogen and oxygen atoms in total. The Morgan fingerprint density at radius 3 is 1.24 bits per heavy atom. The molecule has 0 spiro atoms. The molecule has 0 aromatic rings. The van der Waals surface area contributed by atoms with Crippen molar-refractivity contribution in [2.24, 2.45) is 0 Å². The van der Waals surface area contributed by atoms with E-state index in [0.717, 1.165) is 57.8 Å². The fourth-order valence-electron chi connectivity index (χ4n) is 8.60. The fraction of sp³-hybridized carbons (Fsp3) is 0.852. The fourth-order valence-corrected chi connectivity index (χ4v) is 9.33. The molecular formula is C61H116NO7P. The number of allylic oxidation sites excluding steroid dienone is 8. The van der Waals surface area contributed by atoms with E-state index in [0.29, 0.717) is 24.1 Å². The highest BCUT2D eigenvalue weighted by Gasteiger charge is 2.20. The van der Waals surface area contributed by atoms with Gasteiger partial charge in [-0.05, 0) is 51.4 Å². The molecule has 0 amide bonds. The molecule has 0 saturated heterocycles. The number of rotatable bonds is 56. The first-order chi connectivity index (χ1) is 34.1. The smallest absolute Gasteiger partial charge is 0.306 e. The van der Waals surface area contributed by atoms with Gasteiger partial charge in [0.15, 0.2) is 0 Å². The van der Waals surface area contributed by atoms with Crippen molar-refractivity contribution >= 4 is 13.8 Å². The number of ether oxygens (including phenoxy) is 2. The number of phosphoric ester groups is 1. The number of hydrogen-bond acceptors (Lipinski definition) is 7. The topological polar surface area (TPSA) is 94.1 Å². The van der Waals surface area contributed by atoms with Crippen LogP contribution in [0.5, 0.6) is 0 Å². The number of hydrogen-bond donors (Lipinski definition) is 0. The van der Waals surface area contributed by atoms with Gasteiger partial charge in [-0.1, -0.05) is 268 Å². The van der Waals surface area contributed by atoms with Crippen LogP contribution in [0, 0.1) is 0 Å². The van der Waals surface area contributed by atoms with E-state index in [4.69, 9.17) is 18.5 Å². The Morgan fingerprint density at radius 2 is 0.829 bits per heavy atom. The summed E-state index contributed by atoms with van der Waals surface area (Å²) >= 11 is 0. The van der Waals surface area contributed by atoms with Gasteiger partial charge < -0.3 is 27.9 Å². The van der Waals surface area contributed by atoms with Crippen molar-refractivity contribution in [3.8, 4) is 0 Å². The van der Waals surface area contributed by atoms with E-state index in [-0.39, 0.29) is 25.8 Å². The summed E-state index contributed by atoms with van der Waals surface area (Å²) in [6, 6.07) is 0. The molecule has 0 aromatic heterocycles. The standard InChI is InChI=1S/C61H116NO7P/c1-6-8-10-12-14-16-18-20-22-24-26-28-30-31-32-34-36-38-40-42-44-46-48-50-52-54-61(63)69-60(59-68-70(64,65)67-57-55-62(3,4)5)58-66-56-53-51-49-47-45-43-41-39-37-35-33-29-27-25-23-21-19-17-15-13-11-9-7-2/h8,10,14,16,20,22,26,28,60H,6-7,9,11-13,15,17-19,21,23-25,27,29-59H2,1-5H3/b10-8-,16-14-,22-20-,28-26-. The molecule has 0 N–H and O–H groups in total. The summed E-state index contributed by atoms with van der Waals surface area (Å²) in [5.41, 5.74) is 0. The second-order valence-electron chi connectivity index (χ2n) is 21.3. The van der Waals surface area contributed by atoms with Crippen LogP contribution in [0.15, 0.2) is 48.6 Å². The first kappa shape index (κ1) is 68.5. The zero-order chi connectivity index (χ0) is 51.2. The van der Waals surface area contributed by atoms with E-state index in [2.05, 4.69) is 62.5 Å². The molecule has 0 saturated carbocycles. The summed E-state index contributed by atoms with van der Waals surface area (Å²) in [5.74, 6) is -0.332. The van der Waals surface area contributed by atoms with Crippen molar-refractivity contribution in [2.75, 3.05) is 54.1 Å². The maximum absolute atomic E-state index is 12.8. The van der Waals surface area contributed by atoms with E-state index < -0.39 is 13.9 Å². The molecule has 2 atom stereocenters. The molecule has 0 heterocycles. The summed E-state index contributed by atoms with van der Waals surface area (Å²) < 4.78 is 34.9. The van der Waals surface area contributed by atoms with Gasteiger partial charge in [0.1, 0.15) is 19.3 Å². The van der Waals surface area contributed by atoms with Crippen molar-refractivity contribution in [1.82, 2.24) is 0 Å². The van der Waals surface area contributed by atoms with Crippen LogP contribution in [-0.4, -0.2) is 70.7 Å². The first-order valence-electron chi connectivity index (χ1n) is 29.9. The number of likely N-dealkylation sites (N-methyl/N-ethyl adjacent to an activating group) is 1. The minimum Gasteiger partial charge on any atom is -0.756 e. The predicted octanol–water partition coefficient (Wildman–Crippen LogP) is 18.4. The summed E-state index contributed by atoms with van der Waals surface area (Å²) in [6.45, 7) is 5.36. The lowest BCUT2D eigenvalue weighted by Gasteiger charge is -2.28. The van der Waals surface area contributed by atoms with Gasteiger partial charge in [0.2, 0.25) is 0 Å². The zero-order valence-corrected chi connectivity index (χ0v) is 47.9. The second kappa shape index (κ2) is 53.7. The molecule has 0 aliphatic rings. The highest BCUT2D eigenvalue weighted by atomic mass is 31.2. The second-order valence-corrected chi connectivity index (χ2v) is 22.7. The highest BCUT2D eigenvalue weighted by molar-refractivity contribution is 7.45. The number of carbonyl (C=O) groups is 1. The Labute approximate surface area is 435 Å². The van der Waals surface area contributed by atoms with Gasteiger partial charge in [-0.25, -0.2) is 0 Å². The number of phosphoric acid groups is 1. The monoisotopic (exact) mass is 1010 g/mol. The summed E-state index contributed by atoms with van der Waals surface area (Å²) in [4.78, 5) is 25.3. The zero-order valence-electron chi connectivity index (χ0n) is 47.0. The first-order valence-corrected chi connectivity index (χ1v) is 31.3. The molecule has 0 bridgehead atoms. The third kappa shape index (κ3) is 57.4. The van der Waals surface area contributed by atoms with Gasteiger partial charge in [-0.15, -0.1) is 0 Å². The van der Waals surface area contributed by atoms with Crippen molar-refractivity contribution in [3.63, 3.8) is 0 Å². The van der Waals surface area contributed by atoms with Crippen molar-refractivity contribution in [3.05, 3.63) is 48.6 Å². The third-order valence-corrected chi connectivity index (χ3v) is 14.1. The Morgan fingerprint density at radius 1 is 0.457 bits per heavy atom. The normalized spacial score (nSPS) is 13.7.